The number of hydrogen-bond acceptors (Lipinski definition) is 3. The molecule has 0 fully saturated rings. The number of benzene rings is 2. The second-order valence-corrected chi connectivity index (χ2v) is 5.84. The van der Waals surface area contributed by atoms with Crippen molar-refractivity contribution in [2.45, 2.75) is 24.8 Å². The van der Waals surface area contributed by atoms with Crippen molar-refractivity contribution in [3.05, 3.63) is 59.7 Å². The molecule has 2 N–H and O–H groups in total. The van der Waals surface area contributed by atoms with Gasteiger partial charge in [0.15, 0.2) is 0 Å². The van der Waals surface area contributed by atoms with Crippen molar-refractivity contribution in [3.63, 3.8) is 0 Å². The van der Waals surface area contributed by atoms with Gasteiger partial charge < -0.3 is 10.5 Å². The molecule has 0 bridgehead atoms. The summed E-state index contributed by atoms with van der Waals surface area (Å²) in [6, 6.07) is 16.6. The Morgan fingerprint density at radius 1 is 1.05 bits per heavy atom. The van der Waals surface area contributed by atoms with Crippen LogP contribution in [0.2, 0.25) is 0 Å². The van der Waals surface area contributed by atoms with Crippen molar-refractivity contribution in [2.75, 3.05) is 12.4 Å². The maximum absolute atomic E-state index is 5.79. The average Bonchev–Trinajstić information content (AvgIpc) is 2.49. The van der Waals surface area contributed by atoms with Crippen LogP contribution >= 0.6 is 11.8 Å². The maximum Gasteiger partial charge on any atom is 0.123 e. The Balaban J connectivity index is 1.70. The standard InChI is InChI=1S/C17H21NOS/c1-14-7-9-16(10-8-14)20-12-4-11-19-17-6-3-2-5-15(17)13-18/h2-3,5-10H,4,11-13,18H2,1H3. The summed E-state index contributed by atoms with van der Waals surface area (Å²) < 4.78 is 5.79. The van der Waals surface area contributed by atoms with Crippen molar-refractivity contribution < 1.29 is 4.74 Å². The Labute approximate surface area is 125 Å². The van der Waals surface area contributed by atoms with Crippen molar-refractivity contribution in [2.24, 2.45) is 5.73 Å². The minimum absolute atomic E-state index is 0.522. The molecule has 20 heavy (non-hydrogen) atoms. The highest BCUT2D eigenvalue weighted by Crippen LogP contribution is 2.20. The summed E-state index contributed by atoms with van der Waals surface area (Å²) in [5.41, 5.74) is 8.06. The van der Waals surface area contributed by atoms with Gasteiger partial charge in [0.1, 0.15) is 5.75 Å². The molecule has 2 aromatic carbocycles. The fourth-order valence-corrected chi connectivity index (χ4v) is 2.71. The van der Waals surface area contributed by atoms with Gasteiger partial charge in [0.05, 0.1) is 6.61 Å². The van der Waals surface area contributed by atoms with Crippen molar-refractivity contribution >= 4 is 11.8 Å². The molecule has 106 valence electrons. The second-order valence-electron chi connectivity index (χ2n) is 4.68. The third-order valence-corrected chi connectivity index (χ3v) is 4.13. The first-order chi connectivity index (χ1) is 9.79. The van der Waals surface area contributed by atoms with Gasteiger partial charge in [-0.25, -0.2) is 0 Å². The average molecular weight is 287 g/mol. The van der Waals surface area contributed by atoms with Crippen LogP contribution in [0.5, 0.6) is 5.75 Å². The molecular weight excluding hydrogens is 266 g/mol. The van der Waals surface area contributed by atoms with Gasteiger partial charge in [-0.15, -0.1) is 11.8 Å². The van der Waals surface area contributed by atoms with Gasteiger partial charge in [0, 0.05) is 22.8 Å². The van der Waals surface area contributed by atoms with E-state index in [1.807, 2.05) is 36.0 Å². The molecule has 0 radical (unpaired) electrons. The van der Waals surface area contributed by atoms with E-state index < -0.39 is 0 Å². The highest BCUT2D eigenvalue weighted by Gasteiger charge is 2.00. The van der Waals surface area contributed by atoms with Gasteiger partial charge in [-0.1, -0.05) is 35.9 Å². The quantitative estimate of drug-likeness (QED) is 0.617. The molecule has 0 aromatic heterocycles. The Kier molecular flexibility index (Phi) is 5.96. The molecule has 0 aliphatic heterocycles. The lowest BCUT2D eigenvalue weighted by Crippen LogP contribution is -2.04. The van der Waals surface area contributed by atoms with Crippen LogP contribution < -0.4 is 10.5 Å². The van der Waals surface area contributed by atoms with Crippen LogP contribution in [0, 0.1) is 6.92 Å². The number of rotatable bonds is 7. The summed E-state index contributed by atoms with van der Waals surface area (Å²) in [6.07, 6.45) is 1.03. The van der Waals surface area contributed by atoms with Crippen LogP contribution in [-0.4, -0.2) is 12.4 Å². The van der Waals surface area contributed by atoms with Crippen molar-refractivity contribution in [3.8, 4) is 5.75 Å². The molecule has 0 spiro atoms. The van der Waals surface area contributed by atoms with Crippen LogP contribution in [0.15, 0.2) is 53.4 Å². The maximum atomic E-state index is 5.79. The minimum Gasteiger partial charge on any atom is -0.493 e. The van der Waals surface area contributed by atoms with E-state index >= 15 is 0 Å². The number of hydrogen-bond donors (Lipinski definition) is 1. The van der Waals surface area contributed by atoms with Gasteiger partial charge in [-0.05, 0) is 31.5 Å². The number of para-hydroxylation sites is 1. The number of thioether (sulfide) groups is 1. The first-order valence-corrected chi connectivity index (χ1v) is 7.88. The van der Waals surface area contributed by atoms with Crippen LogP contribution in [0.25, 0.3) is 0 Å². The van der Waals surface area contributed by atoms with Gasteiger partial charge in [0.2, 0.25) is 0 Å². The molecule has 3 heteroatoms. The smallest absolute Gasteiger partial charge is 0.123 e. The Morgan fingerprint density at radius 3 is 2.55 bits per heavy atom. The lowest BCUT2D eigenvalue weighted by Gasteiger charge is -2.10. The van der Waals surface area contributed by atoms with Gasteiger partial charge in [-0.3, -0.25) is 0 Å². The van der Waals surface area contributed by atoms with Crippen LogP contribution in [0.4, 0.5) is 0 Å². The number of nitrogens with two attached hydrogens (primary N) is 1. The summed E-state index contributed by atoms with van der Waals surface area (Å²) >= 11 is 1.87. The van der Waals surface area contributed by atoms with Gasteiger partial charge in [-0.2, -0.15) is 0 Å². The Morgan fingerprint density at radius 2 is 1.80 bits per heavy atom. The lowest BCUT2D eigenvalue weighted by molar-refractivity contribution is 0.315. The zero-order valence-electron chi connectivity index (χ0n) is 11.8. The SMILES string of the molecule is Cc1ccc(SCCCOc2ccccc2CN)cc1. The molecule has 2 nitrogen and oxygen atoms in total. The first-order valence-electron chi connectivity index (χ1n) is 6.90. The van der Waals surface area contributed by atoms with E-state index in [1.165, 1.54) is 10.5 Å². The molecule has 0 unspecified atom stereocenters. The normalized spacial score (nSPS) is 10.5. The van der Waals surface area contributed by atoms with Crippen LogP contribution in [0.3, 0.4) is 0 Å². The van der Waals surface area contributed by atoms with Crippen LogP contribution in [-0.2, 0) is 6.54 Å². The minimum atomic E-state index is 0.522. The summed E-state index contributed by atoms with van der Waals surface area (Å²) in [6.45, 7) is 3.36. The third kappa shape index (κ3) is 4.58. The molecule has 0 heterocycles. The number of ether oxygens (including phenoxy) is 1. The predicted octanol–water partition coefficient (Wildman–Crippen LogP) is 4.01. The fourth-order valence-electron chi connectivity index (χ4n) is 1.88. The molecule has 0 aliphatic rings. The molecule has 0 atom stereocenters. The summed E-state index contributed by atoms with van der Waals surface area (Å²) in [5.74, 6) is 1.98. The predicted molar refractivity (Wildman–Crippen MR) is 86.3 cm³/mol. The molecular formula is C17H21NOS. The van der Waals surface area contributed by atoms with E-state index in [2.05, 4.69) is 31.2 Å². The van der Waals surface area contributed by atoms with Gasteiger partial charge in [0.25, 0.3) is 0 Å². The molecule has 0 saturated carbocycles. The van der Waals surface area contributed by atoms with E-state index in [4.69, 9.17) is 10.5 Å². The largest absolute Gasteiger partial charge is 0.493 e. The summed E-state index contributed by atoms with van der Waals surface area (Å²) in [4.78, 5) is 1.32. The first kappa shape index (κ1) is 14.9. The van der Waals surface area contributed by atoms with E-state index in [0.717, 1.165) is 30.1 Å². The molecule has 0 saturated heterocycles. The van der Waals surface area contributed by atoms with Gasteiger partial charge >= 0.3 is 0 Å². The Hall–Kier alpha value is -1.45. The highest BCUT2D eigenvalue weighted by molar-refractivity contribution is 7.99. The topological polar surface area (TPSA) is 35.2 Å². The highest BCUT2D eigenvalue weighted by atomic mass is 32.2. The van der Waals surface area contributed by atoms with Crippen LogP contribution in [0.1, 0.15) is 17.5 Å². The summed E-state index contributed by atoms with van der Waals surface area (Å²) in [7, 11) is 0. The van der Waals surface area contributed by atoms with Crippen molar-refractivity contribution in [1.82, 2.24) is 0 Å². The zero-order chi connectivity index (χ0) is 14.2. The van der Waals surface area contributed by atoms with E-state index in [9.17, 15) is 0 Å². The summed E-state index contributed by atoms with van der Waals surface area (Å²) in [5, 5.41) is 0. The second kappa shape index (κ2) is 7.98. The zero-order valence-corrected chi connectivity index (χ0v) is 12.7. The Bertz CT molecular complexity index is 525. The van der Waals surface area contributed by atoms with E-state index in [-0.39, 0.29) is 0 Å². The molecule has 2 rings (SSSR count). The molecule has 2 aromatic rings. The molecule has 0 aliphatic carbocycles. The number of aryl methyl sites for hydroxylation is 1. The fraction of sp³-hybridized carbons (Fsp3) is 0.294. The third-order valence-electron chi connectivity index (χ3n) is 3.03. The van der Waals surface area contributed by atoms with E-state index in [0.29, 0.717) is 6.54 Å². The monoisotopic (exact) mass is 287 g/mol. The molecule has 0 amide bonds. The van der Waals surface area contributed by atoms with E-state index in [1.54, 1.807) is 0 Å². The van der Waals surface area contributed by atoms with Crippen molar-refractivity contribution in [1.29, 1.82) is 0 Å². The lowest BCUT2D eigenvalue weighted by atomic mass is 10.2.